The molecule has 2 aliphatic heterocycles. The van der Waals surface area contributed by atoms with Crippen LogP contribution in [0.3, 0.4) is 0 Å². The molecule has 0 radical (unpaired) electrons. The van der Waals surface area contributed by atoms with E-state index in [9.17, 15) is 27.6 Å². The first-order valence-electron chi connectivity index (χ1n) is 20.4. The summed E-state index contributed by atoms with van der Waals surface area (Å²) in [6.07, 6.45) is 5.97. The van der Waals surface area contributed by atoms with Crippen molar-refractivity contribution < 1.29 is 37.1 Å². The number of carbonyl (C=O) groups is 4. The Morgan fingerprint density at radius 2 is 1.72 bits per heavy atom. The van der Waals surface area contributed by atoms with Gasteiger partial charge in [-0.25, -0.2) is 13.4 Å². The van der Waals surface area contributed by atoms with Crippen LogP contribution in [0, 0.1) is 17.3 Å². The van der Waals surface area contributed by atoms with Gasteiger partial charge in [0.15, 0.2) is 0 Å². The summed E-state index contributed by atoms with van der Waals surface area (Å²) in [4.78, 5) is 65.2. The average molecular weight is 814 g/mol. The van der Waals surface area contributed by atoms with Crippen molar-refractivity contribution in [2.24, 2.45) is 17.3 Å². The Bertz CT molecular complexity index is 2180. The predicted molar refractivity (Wildman–Crippen MR) is 220 cm³/mol. The lowest BCUT2D eigenvalue weighted by Crippen LogP contribution is -2.57. The fraction of sp³-hybridized carbons (Fsp3) is 0.523. The van der Waals surface area contributed by atoms with E-state index in [0.29, 0.717) is 54.0 Å². The van der Waals surface area contributed by atoms with Gasteiger partial charge in [-0.1, -0.05) is 70.0 Å². The largest absolute Gasteiger partial charge is 0.497 e. The van der Waals surface area contributed by atoms with Crippen molar-refractivity contribution in [3.05, 3.63) is 67.3 Å². The minimum absolute atomic E-state index is 0.0140. The highest BCUT2D eigenvalue weighted by atomic mass is 32.2. The van der Waals surface area contributed by atoms with Gasteiger partial charge in [0.2, 0.25) is 27.7 Å². The maximum absolute atomic E-state index is 14.9. The molecule has 2 saturated heterocycles. The number of methoxy groups -OCH3 is 1. The number of amides is 4. The van der Waals surface area contributed by atoms with Crippen LogP contribution in [0.4, 0.5) is 0 Å². The summed E-state index contributed by atoms with van der Waals surface area (Å²) in [6, 6.07) is 15.9. The van der Waals surface area contributed by atoms with Gasteiger partial charge in [0.25, 0.3) is 5.91 Å². The van der Waals surface area contributed by atoms with Gasteiger partial charge >= 0.3 is 0 Å². The monoisotopic (exact) mass is 813 g/mol. The summed E-state index contributed by atoms with van der Waals surface area (Å²) in [5, 5.41) is 2.95. The number of nitrogens with zero attached hydrogens (tertiary/aromatic N) is 3. The van der Waals surface area contributed by atoms with Crippen LogP contribution in [-0.4, -0.2) is 96.5 Å². The second kappa shape index (κ2) is 16.3. The molecule has 310 valence electrons. The van der Waals surface area contributed by atoms with Gasteiger partial charge < -0.3 is 24.6 Å². The molecule has 2 saturated carbocycles. The van der Waals surface area contributed by atoms with E-state index in [2.05, 4.69) is 16.6 Å². The standard InChI is InChI=1S/C44H55N5O8S/c1-6-29-26-44(29,42(53)47-58(54,55)32-17-18-32)46-40(51)37-23-31(27-49(37)41(52)34(43(2,3)4)24-39(50)48-20-12-7-8-13-21-48)57-38-25-35(28-14-10-9-11-15-28)45-36-22-30(56-5)16-19-33(36)38/h6,9-11,14-16,19,22,25,29,31-32,34,37H,1,7-8,12-13,17-18,20-21,23-24,26-27H2,2-5H3,(H,46,51)(H,47,53)/t29-,31-,34?,37+,44-/m1/s1. The van der Waals surface area contributed by atoms with Gasteiger partial charge in [-0.05, 0) is 49.7 Å². The Labute approximate surface area is 341 Å². The van der Waals surface area contributed by atoms with E-state index in [0.717, 1.165) is 31.2 Å². The van der Waals surface area contributed by atoms with Crippen molar-refractivity contribution in [3.63, 3.8) is 0 Å². The molecule has 3 heterocycles. The fourth-order valence-electron chi connectivity index (χ4n) is 8.32. The van der Waals surface area contributed by atoms with E-state index in [-0.39, 0.29) is 37.6 Å². The first-order valence-corrected chi connectivity index (χ1v) is 22.0. The highest BCUT2D eigenvalue weighted by Crippen LogP contribution is 2.46. The quantitative estimate of drug-likeness (QED) is 0.216. The molecule has 14 heteroatoms. The van der Waals surface area contributed by atoms with Crippen LogP contribution in [-0.2, 0) is 29.2 Å². The van der Waals surface area contributed by atoms with Gasteiger partial charge in [0, 0.05) is 54.9 Å². The van der Waals surface area contributed by atoms with Crippen LogP contribution in [0.1, 0.15) is 78.6 Å². The molecule has 2 aromatic carbocycles. The number of benzene rings is 2. The molecule has 1 unspecified atom stereocenters. The van der Waals surface area contributed by atoms with Crippen LogP contribution in [0.15, 0.2) is 67.3 Å². The number of fused-ring (bicyclic) bond motifs is 1. The van der Waals surface area contributed by atoms with Gasteiger partial charge in [-0.3, -0.25) is 23.9 Å². The lowest BCUT2D eigenvalue weighted by molar-refractivity contribution is -0.148. The molecular weight excluding hydrogens is 759 g/mol. The number of hydrogen-bond acceptors (Lipinski definition) is 9. The summed E-state index contributed by atoms with van der Waals surface area (Å²) >= 11 is 0. The molecule has 2 aliphatic carbocycles. The molecule has 3 aromatic rings. The van der Waals surface area contributed by atoms with Crippen LogP contribution in [0.2, 0.25) is 0 Å². The van der Waals surface area contributed by atoms with E-state index < -0.39 is 62.0 Å². The van der Waals surface area contributed by atoms with Crippen molar-refractivity contribution in [1.82, 2.24) is 24.8 Å². The molecule has 7 rings (SSSR count). The molecule has 4 fully saturated rings. The number of carbonyl (C=O) groups excluding carboxylic acids is 4. The first kappa shape index (κ1) is 41.2. The van der Waals surface area contributed by atoms with Gasteiger partial charge in [0.05, 0.1) is 36.0 Å². The first-order chi connectivity index (χ1) is 27.6. The second-order valence-electron chi connectivity index (χ2n) is 17.3. The highest BCUT2D eigenvalue weighted by Gasteiger charge is 2.62. The Morgan fingerprint density at radius 1 is 1.02 bits per heavy atom. The van der Waals surface area contributed by atoms with Crippen LogP contribution in [0.25, 0.3) is 22.2 Å². The summed E-state index contributed by atoms with van der Waals surface area (Å²) in [5.41, 5.74) is -0.0190. The van der Waals surface area contributed by atoms with Crippen LogP contribution in [0.5, 0.6) is 11.5 Å². The molecule has 0 spiro atoms. The zero-order valence-corrected chi connectivity index (χ0v) is 34.7. The number of aromatic nitrogens is 1. The molecular formula is C44H55N5O8S. The van der Waals surface area contributed by atoms with Crippen LogP contribution < -0.4 is 19.5 Å². The molecule has 1 aromatic heterocycles. The van der Waals surface area contributed by atoms with Crippen molar-refractivity contribution in [2.75, 3.05) is 26.7 Å². The average Bonchev–Trinajstić information content (AvgIpc) is 4.13. The minimum Gasteiger partial charge on any atom is -0.497 e. The lowest BCUT2D eigenvalue weighted by atomic mass is 9.77. The maximum atomic E-state index is 14.9. The smallest absolute Gasteiger partial charge is 0.259 e. The Morgan fingerprint density at radius 3 is 2.34 bits per heavy atom. The summed E-state index contributed by atoms with van der Waals surface area (Å²) in [7, 11) is -2.32. The van der Waals surface area contributed by atoms with Gasteiger partial charge in [0.1, 0.15) is 29.2 Å². The third-order valence-electron chi connectivity index (χ3n) is 12.1. The van der Waals surface area contributed by atoms with E-state index in [1.165, 1.54) is 11.0 Å². The molecule has 0 bridgehead atoms. The SMILES string of the molecule is C=C[C@@H]1C[C@]1(NC(=O)[C@@H]1C[C@@H](Oc2cc(-c3ccccc3)nc3cc(OC)ccc23)CN1C(=O)C(CC(=O)N1CCCCCC1)C(C)(C)C)C(=O)NS(=O)(=O)C1CC1. The number of hydrogen-bond donors (Lipinski definition) is 2. The Balaban J connectivity index is 1.21. The maximum Gasteiger partial charge on any atom is 0.259 e. The zero-order valence-electron chi connectivity index (χ0n) is 33.9. The minimum atomic E-state index is -3.90. The zero-order chi connectivity index (χ0) is 41.4. The van der Waals surface area contributed by atoms with Crippen molar-refractivity contribution >= 4 is 44.6 Å². The van der Waals surface area contributed by atoms with E-state index in [1.54, 1.807) is 7.11 Å². The van der Waals surface area contributed by atoms with E-state index >= 15 is 0 Å². The Kier molecular flexibility index (Phi) is 11.6. The predicted octanol–water partition coefficient (Wildman–Crippen LogP) is 5.38. The number of sulfonamides is 1. The normalized spacial score (nSPS) is 24.0. The van der Waals surface area contributed by atoms with Crippen molar-refractivity contribution in [1.29, 1.82) is 0 Å². The molecule has 4 aliphatic rings. The Hall–Kier alpha value is -4.98. The van der Waals surface area contributed by atoms with Crippen LogP contribution >= 0.6 is 0 Å². The lowest BCUT2D eigenvalue weighted by Gasteiger charge is -2.36. The third kappa shape index (κ3) is 8.72. The number of ether oxygens (including phenoxy) is 2. The van der Waals surface area contributed by atoms with Gasteiger partial charge in [-0.2, -0.15) is 0 Å². The van der Waals surface area contributed by atoms with Crippen molar-refractivity contribution in [2.45, 2.75) is 101 Å². The van der Waals surface area contributed by atoms with Gasteiger partial charge in [-0.15, -0.1) is 6.58 Å². The third-order valence-corrected chi connectivity index (χ3v) is 13.9. The molecule has 2 N–H and O–H groups in total. The number of pyridine rings is 1. The molecule has 4 amide bonds. The van der Waals surface area contributed by atoms with E-state index in [4.69, 9.17) is 14.5 Å². The second-order valence-corrected chi connectivity index (χ2v) is 19.3. The number of likely N-dealkylation sites (tertiary alicyclic amines) is 2. The summed E-state index contributed by atoms with van der Waals surface area (Å²) < 4.78 is 40.1. The summed E-state index contributed by atoms with van der Waals surface area (Å²) in [5.74, 6) is -2.02. The summed E-state index contributed by atoms with van der Waals surface area (Å²) in [6.45, 7) is 10.9. The number of rotatable bonds is 13. The van der Waals surface area contributed by atoms with E-state index in [1.807, 2.05) is 80.3 Å². The molecule has 58 heavy (non-hydrogen) atoms. The highest BCUT2D eigenvalue weighted by molar-refractivity contribution is 7.91. The molecule has 13 nitrogen and oxygen atoms in total. The molecule has 5 atom stereocenters. The fourth-order valence-corrected chi connectivity index (χ4v) is 9.68. The number of nitrogens with one attached hydrogen (secondary N) is 2. The topological polar surface area (TPSA) is 164 Å². The van der Waals surface area contributed by atoms with Crippen molar-refractivity contribution in [3.8, 4) is 22.8 Å².